The molecular weight excluding hydrogens is 269 g/mol. The van der Waals surface area contributed by atoms with Gasteiger partial charge >= 0.3 is 0 Å². The summed E-state index contributed by atoms with van der Waals surface area (Å²) < 4.78 is 24.8. The first-order valence-corrected chi connectivity index (χ1v) is 7.85. The highest BCUT2D eigenvalue weighted by atomic mass is 19.1. The second kappa shape index (κ2) is 7.64. The van der Waals surface area contributed by atoms with Crippen LogP contribution in [-0.4, -0.2) is 37.7 Å². The Morgan fingerprint density at radius 2 is 1.95 bits per heavy atom. The van der Waals surface area contributed by atoms with Crippen molar-refractivity contribution in [3.63, 3.8) is 0 Å². The number of rotatable bonds is 7. The molecule has 1 aliphatic heterocycles. The minimum Gasteiger partial charge on any atom is -0.490 e. The number of methoxy groups -OCH3 is 1. The maximum atomic E-state index is 14.1. The third kappa shape index (κ3) is 4.60. The van der Waals surface area contributed by atoms with Crippen molar-refractivity contribution in [1.29, 1.82) is 0 Å². The Morgan fingerprint density at radius 3 is 2.57 bits per heavy atom. The number of ether oxygens (including phenoxy) is 2. The topological polar surface area (TPSA) is 21.7 Å². The molecule has 21 heavy (non-hydrogen) atoms. The van der Waals surface area contributed by atoms with Crippen LogP contribution in [0.3, 0.4) is 0 Å². The zero-order valence-corrected chi connectivity index (χ0v) is 13.3. The molecule has 0 atom stereocenters. The molecule has 1 aromatic rings. The quantitative estimate of drug-likeness (QED) is 0.766. The second-order valence-corrected chi connectivity index (χ2v) is 5.93. The third-order valence-electron chi connectivity index (χ3n) is 3.77. The number of benzene rings is 1. The Labute approximate surface area is 127 Å². The molecule has 1 saturated heterocycles. The Bertz CT molecular complexity index is 456. The van der Waals surface area contributed by atoms with E-state index in [1.807, 2.05) is 19.9 Å². The molecule has 1 aliphatic rings. The van der Waals surface area contributed by atoms with Gasteiger partial charge in [-0.2, -0.15) is 0 Å². The lowest BCUT2D eigenvalue weighted by atomic mass is 10.1. The van der Waals surface area contributed by atoms with Crippen molar-refractivity contribution in [3.8, 4) is 11.5 Å². The van der Waals surface area contributed by atoms with Crippen LogP contribution in [0.2, 0.25) is 0 Å². The molecule has 0 unspecified atom stereocenters. The normalized spacial score (nSPS) is 15.7. The molecule has 2 rings (SSSR count). The SMILES string of the molecule is COc1c(F)cc(CCCN2CCCC2)cc1OC(C)C. The molecule has 3 nitrogen and oxygen atoms in total. The number of hydrogen-bond donors (Lipinski definition) is 0. The fourth-order valence-electron chi connectivity index (χ4n) is 2.82. The van der Waals surface area contributed by atoms with Gasteiger partial charge in [0, 0.05) is 0 Å². The first kappa shape index (κ1) is 16.1. The van der Waals surface area contributed by atoms with Gasteiger partial charge < -0.3 is 14.4 Å². The lowest BCUT2D eigenvalue weighted by Crippen LogP contribution is -2.20. The van der Waals surface area contributed by atoms with Crippen molar-refractivity contribution < 1.29 is 13.9 Å². The average Bonchev–Trinajstić information content (AvgIpc) is 2.91. The highest BCUT2D eigenvalue weighted by Crippen LogP contribution is 2.32. The van der Waals surface area contributed by atoms with Crippen LogP contribution in [0.15, 0.2) is 12.1 Å². The Kier molecular flexibility index (Phi) is 5.85. The van der Waals surface area contributed by atoms with E-state index in [0.29, 0.717) is 5.75 Å². The number of nitrogens with zero attached hydrogens (tertiary/aromatic N) is 1. The lowest BCUT2D eigenvalue weighted by Gasteiger charge is -2.17. The van der Waals surface area contributed by atoms with Crippen LogP contribution in [0, 0.1) is 5.82 Å². The molecule has 0 aromatic heterocycles. The predicted molar refractivity (Wildman–Crippen MR) is 82.7 cm³/mol. The Morgan fingerprint density at radius 1 is 1.24 bits per heavy atom. The molecule has 118 valence electrons. The van der Waals surface area contributed by atoms with Gasteiger partial charge in [0.25, 0.3) is 0 Å². The molecule has 0 amide bonds. The predicted octanol–water partition coefficient (Wildman–Crippen LogP) is 3.65. The summed E-state index contributed by atoms with van der Waals surface area (Å²) in [6.07, 6.45) is 4.53. The molecule has 4 heteroatoms. The molecule has 1 heterocycles. The highest BCUT2D eigenvalue weighted by Gasteiger charge is 2.15. The van der Waals surface area contributed by atoms with E-state index in [9.17, 15) is 4.39 Å². The number of halogens is 1. The summed E-state index contributed by atoms with van der Waals surface area (Å²) in [4.78, 5) is 2.48. The van der Waals surface area contributed by atoms with Crippen molar-refractivity contribution in [2.24, 2.45) is 0 Å². The molecule has 1 fully saturated rings. The number of likely N-dealkylation sites (tertiary alicyclic amines) is 1. The number of hydrogen-bond acceptors (Lipinski definition) is 3. The van der Waals surface area contributed by atoms with Crippen molar-refractivity contribution in [2.45, 2.75) is 45.6 Å². The van der Waals surface area contributed by atoms with Crippen molar-refractivity contribution in [3.05, 3.63) is 23.5 Å². The maximum Gasteiger partial charge on any atom is 0.196 e. The zero-order chi connectivity index (χ0) is 15.2. The van der Waals surface area contributed by atoms with Gasteiger partial charge in [-0.1, -0.05) is 0 Å². The van der Waals surface area contributed by atoms with Gasteiger partial charge in [-0.25, -0.2) is 4.39 Å². The summed E-state index contributed by atoms with van der Waals surface area (Å²) in [7, 11) is 1.47. The smallest absolute Gasteiger partial charge is 0.196 e. The van der Waals surface area contributed by atoms with Gasteiger partial charge in [-0.15, -0.1) is 0 Å². The summed E-state index contributed by atoms with van der Waals surface area (Å²) >= 11 is 0. The van der Waals surface area contributed by atoms with Crippen molar-refractivity contribution in [1.82, 2.24) is 4.90 Å². The van der Waals surface area contributed by atoms with E-state index in [2.05, 4.69) is 4.90 Å². The van der Waals surface area contributed by atoms with Gasteiger partial charge in [0.05, 0.1) is 13.2 Å². The fourth-order valence-corrected chi connectivity index (χ4v) is 2.82. The minimum atomic E-state index is -0.341. The molecule has 0 N–H and O–H groups in total. The highest BCUT2D eigenvalue weighted by molar-refractivity contribution is 5.44. The Hall–Kier alpha value is -1.29. The first-order chi connectivity index (χ1) is 10.1. The summed E-state index contributed by atoms with van der Waals surface area (Å²) in [5.41, 5.74) is 0.975. The van der Waals surface area contributed by atoms with E-state index in [1.165, 1.54) is 33.0 Å². The largest absolute Gasteiger partial charge is 0.490 e. The molecular formula is C17H26FNO2. The van der Waals surface area contributed by atoms with Crippen LogP contribution < -0.4 is 9.47 Å². The molecule has 0 saturated carbocycles. The van der Waals surface area contributed by atoms with Crippen LogP contribution in [0.25, 0.3) is 0 Å². The first-order valence-electron chi connectivity index (χ1n) is 7.85. The number of aryl methyl sites for hydroxylation is 1. The van der Waals surface area contributed by atoms with Crippen molar-refractivity contribution in [2.75, 3.05) is 26.7 Å². The average molecular weight is 295 g/mol. The Balaban J connectivity index is 1.99. The van der Waals surface area contributed by atoms with Crippen LogP contribution in [0.4, 0.5) is 4.39 Å². The molecule has 1 aromatic carbocycles. The van der Waals surface area contributed by atoms with E-state index in [-0.39, 0.29) is 17.7 Å². The van der Waals surface area contributed by atoms with Crippen LogP contribution in [0.5, 0.6) is 11.5 Å². The van der Waals surface area contributed by atoms with Crippen LogP contribution >= 0.6 is 0 Å². The van der Waals surface area contributed by atoms with E-state index < -0.39 is 0 Å². The summed E-state index contributed by atoms with van der Waals surface area (Å²) in [6, 6.07) is 3.47. The van der Waals surface area contributed by atoms with Gasteiger partial charge in [-0.3, -0.25) is 0 Å². The lowest BCUT2D eigenvalue weighted by molar-refractivity contribution is 0.226. The summed E-state index contributed by atoms with van der Waals surface area (Å²) in [6.45, 7) is 7.36. The minimum absolute atomic E-state index is 0.00171. The molecule has 0 aliphatic carbocycles. The zero-order valence-electron chi connectivity index (χ0n) is 13.3. The van der Waals surface area contributed by atoms with Gasteiger partial charge in [0.2, 0.25) is 0 Å². The van der Waals surface area contributed by atoms with E-state index in [4.69, 9.17) is 9.47 Å². The maximum absolute atomic E-state index is 14.1. The van der Waals surface area contributed by atoms with Crippen molar-refractivity contribution >= 4 is 0 Å². The third-order valence-corrected chi connectivity index (χ3v) is 3.77. The monoisotopic (exact) mass is 295 g/mol. The summed E-state index contributed by atoms with van der Waals surface area (Å²) in [5, 5.41) is 0. The van der Waals surface area contributed by atoms with E-state index >= 15 is 0 Å². The molecule has 0 radical (unpaired) electrons. The molecule has 0 bridgehead atoms. The van der Waals surface area contributed by atoms with Gasteiger partial charge in [0.15, 0.2) is 17.3 Å². The van der Waals surface area contributed by atoms with Gasteiger partial charge in [-0.05, 0) is 76.9 Å². The summed E-state index contributed by atoms with van der Waals surface area (Å²) in [5.74, 6) is 0.363. The van der Waals surface area contributed by atoms with E-state index in [1.54, 1.807) is 6.07 Å². The van der Waals surface area contributed by atoms with Crippen LogP contribution in [0.1, 0.15) is 38.7 Å². The second-order valence-electron chi connectivity index (χ2n) is 5.93. The molecule has 0 spiro atoms. The standard InChI is InChI=1S/C17H26FNO2/c1-13(2)21-16-12-14(11-15(18)17(16)20-3)7-6-10-19-8-4-5-9-19/h11-13H,4-10H2,1-3H3. The fraction of sp³-hybridized carbons (Fsp3) is 0.647. The van der Waals surface area contributed by atoms with Crippen LogP contribution in [-0.2, 0) is 6.42 Å². The van der Waals surface area contributed by atoms with Gasteiger partial charge in [0.1, 0.15) is 0 Å². The van der Waals surface area contributed by atoms with E-state index in [0.717, 1.165) is 24.9 Å².